The summed E-state index contributed by atoms with van der Waals surface area (Å²) < 4.78 is 11.3. The van der Waals surface area contributed by atoms with Gasteiger partial charge in [-0.2, -0.15) is 0 Å². The van der Waals surface area contributed by atoms with Crippen LogP contribution in [0.4, 0.5) is 11.4 Å². The molecule has 2 N–H and O–H groups in total. The molecule has 32 heavy (non-hydrogen) atoms. The zero-order valence-corrected chi connectivity index (χ0v) is 18.0. The van der Waals surface area contributed by atoms with Crippen LogP contribution in [0, 0.1) is 0 Å². The van der Waals surface area contributed by atoms with Gasteiger partial charge in [-0.1, -0.05) is 24.6 Å². The van der Waals surface area contributed by atoms with E-state index in [1.54, 1.807) is 0 Å². The second-order valence-electron chi connectivity index (χ2n) is 8.35. The number of hydrogen-bond donors (Lipinski definition) is 2. The second kappa shape index (κ2) is 9.04. The summed E-state index contributed by atoms with van der Waals surface area (Å²) in [5.41, 5.74) is 5.16. The first-order valence-corrected chi connectivity index (χ1v) is 11.2. The Morgan fingerprint density at radius 2 is 1.94 bits per heavy atom. The Bertz CT molecular complexity index is 1070. The van der Waals surface area contributed by atoms with Crippen LogP contribution in [-0.2, 0) is 25.7 Å². The molecule has 7 nitrogen and oxygen atoms in total. The van der Waals surface area contributed by atoms with Crippen LogP contribution in [0.3, 0.4) is 0 Å². The number of amides is 1. The first-order chi connectivity index (χ1) is 15.7. The van der Waals surface area contributed by atoms with Gasteiger partial charge in [0, 0.05) is 34.6 Å². The van der Waals surface area contributed by atoms with Gasteiger partial charge in [0.15, 0.2) is 0 Å². The van der Waals surface area contributed by atoms with E-state index in [9.17, 15) is 9.59 Å². The lowest BCUT2D eigenvalue weighted by atomic mass is 10.0. The molecular formula is C25H27N3O4. The van der Waals surface area contributed by atoms with Crippen molar-refractivity contribution in [3.05, 3.63) is 59.2 Å². The normalized spacial score (nSPS) is 19.7. The maximum absolute atomic E-state index is 12.5. The van der Waals surface area contributed by atoms with Crippen LogP contribution in [0.1, 0.15) is 36.0 Å². The predicted octanol–water partition coefficient (Wildman–Crippen LogP) is 3.48. The zero-order valence-electron chi connectivity index (χ0n) is 18.0. The van der Waals surface area contributed by atoms with Gasteiger partial charge in [0.25, 0.3) is 5.91 Å². The number of para-hydroxylation sites is 1. The van der Waals surface area contributed by atoms with Crippen molar-refractivity contribution in [2.75, 3.05) is 43.4 Å². The van der Waals surface area contributed by atoms with Gasteiger partial charge >= 0.3 is 5.97 Å². The van der Waals surface area contributed by atoms with Crippen LogP contribution in [0.25, 0.3) is 11.3 Å². The molecule has 3 heterocycles. The van der Waals surface area contributed by atoms with Gasteiger partial charge in [-0.15, -0.1) is 0 Å². The van der Waals surface area contributed by atoms with E-state index in [0.29, 0.717) is 37.6 Å². The summed E-state index contributed by atoms with van der Waals surface area (Å²) in [6.45, 7) is 3.63. The molecule has 1 amide bonds. The number of likely N-dealkylation sites (tertiary alicyclic amines) is 1. The number of nitrogens with one attached hydrogen (secondary N) is 2. The summed E-state index contributed by atoms with van der Waals surface area (Å²) in [6, 6.07) is 13.6. The standard InChI is InChI=1S/C25H27N3O4/c29-22(15-28-11-4-1-5-12-28)31-13-10-26-18-8-9-19-17(14-18)16-32-24(19)23-20-6-2-3-7-21(20)27-25(23)30/h2-3,6-9,14,26H,1,4-5,10-13,15-16H2,(H,27,30). The number of anilines is 2. The van der Waals surface area contributed by atoms with E-state index in [-0.39, 0.29) is 11.9 Å². The third kappa shape index (κ3) is 4.21. The van der Waals surface area contributed by atoms with Crippen molar-refractivity contribution in [3.8, 4) is 0 Å². The highest BCUT2D eigenvalue weighted by Gasteiger charge is 2.32. The molecular weight excluding hydrogens is 406 g/mol. The van der Waals surface area contributed by atoms with Crippen molar-refractivity contribution in [2.24, 2.45) is 0 Å². The number of carbonyl (C=O) groups is 2. The van der Waals surface area contributed by atoms with Crippen molar-refractivity contribution < 1.29 is 19.1 Å². The predicted molar refractivity (Wildman–Crippen MR) is 123 cm³/mol. The van der Waals surface area contributed by atoms with E-state index in [0.717, 1.165) is 54.0 Å². The van der Waals surface area contributed by atoms with Crippen molar-refractivity contribution in [1.29, 1.82) is 0 Å². The quantitative estimate of drug-likeness (QED) is 0.413. The fourth-order valence-corrected chi connectivity index (χ4v) is 4.53. The lowest BCUT2D eigenvalue weighted by molar-refractivity contribution is -0.144. The summed E-state index contributed by atoms with van der Waals surface area (Å²) in [4.78, 5) is 26.7. The van der Waals surface area contributed by atoms with Crippen molar-refractivity contribution in [2.45, 2.75) is 25.9 Å². The minimum atomic E-state index is -0.164. The molecule has 0 radical (unpaired) electrons. The Morgan fingerprint density at radius 3 is 2.81 bits per heavy atom. The number of fused-ring (bicyclic) bond motifs is 2. The molecule has 0 atom stereocenters. The molecule has 3 aliphatic rings. The molecule has 0 aromatic heterocycles. The first-order valence-electron chi connectivity index (χ1n) is 11.2. The lowest BCUT2D eigenvalue weighted by Gasteiger charge is -2.25. The monoisotopic (exact) mass is 433 g/mol. The van der Waals surface area contributed by atoms with E-state index in [4.69, 9.17) is 9.47 Å². The maximum Gasteiger partial charge on any atom is 0.320 e. The van der Waals surface area contributed by atoms with Crippen LogP contribution < -0.4 is 10.6 Å². The molecule has 5 rings (SSSR count). The highest BCUT2D eigenvalue weighted by molar-refractivity contribution is 6.36. The fraction of sp³-hybridized carbons (Fsp3) is 0.360. The Kier molecular flexibility index (Phi) is 5.81. The summed E-state index contributed by atoms with van der Waals surface area (Å²) in [7, 11) is 0. The second-order valence-corrected chi connectivity index (χ2v) is 8.35. The number of benzene rings is 2. The number of ether oxygens (including phenoxy) is 2. The zero-order chi connectivity index (χ0) is 21.9. The molecule has 0 unspecified atom stereocenters. The van der Waals surface area contributed by atoms with E-state index in [2.05, 4.69) is 15.5 Å². The maximum atomic E-state index is 12.5. The molecule has 3 aliphatic heterocycles. The summed E-state index contributed by atoms with van der Waals surface area (Å²) in [5.74, 6) is 0.325. The molecule has 2 aromatic rings. The smallest absolute Gasteiger partial charge is 0.320 e. The number of rotatable bonds is 6. The number of nitrogens with zero attached hydrogens (tertiary/aromatic N) is 1. The van der Waals surface area contributed by atoms with Gasteiger partial charge < -0.3 is 20.1 Å². The van der Waals surface area contributed by atoms with Gasteiger partial charge in [-0.3, -0.25) is 14.5 Å². The van der Waals surface area contributed by atoms with Crippen LogP contribution in [-0.4, -0.2) is 49.6 Å². The molecule has 7 heteroatoms. The van der Waals surface area contributed by atoms with E-state index >= 15 is 0 Å². The number of carbonyl (C=O) groups excluding carboxylic acids is 2. The Morgan fingerprint density at radius 1 is 1.09 bits per heavy atom. The third-order valence-electron chi connectivity index (χ3n) is 6.12. The number of hydrogen-bond acceptors (Lipinski definition) is 6. The van der Waals surface area contributed by atoms with E-state index in [1.807, 2.05) is 42.5 Å². The third-order valence-corrected chi connectivity index (χ3v) is 6.12. The molecule has 2 aromatic carbocycles. The Hall–Kier alpha value is -3.32. The van der Waals surface area contributed by atoms with Gasteiger partial charge in [0.05, 0.1) is 12.1 Å². The first kappa shape index (κ1) is 20.6. The van der Waals surface area contributed by atoms with Gasteiger partial charge in [-0.25, -0.2) is 0 Å². The summed E-state index contributed by atoms with van der Waals surface area (Å²) in [5, 5.41) is 6.20. The molecule has 1 fully saturated rings. The molecule has 0 aliphatic carbocycles. The van der Waals surface area contributed by atoms with Crippen LogP contribution in [0.15, 0.2) is 42.5 Å². The molecule has 0 spiro atoms. The van der Waals surface area contributed by atoms with Crippen LogP contribution in [0.5, 0.6) is 0 Å². The topological polar surface area (TPSA) is 79.9 Å². The highest BCUT2D eigenvalue weighted by atomic mass is 16.5. The molecule has 1 saturated heterocycles. The fourth-order valence-electron chi connectivity index (χ4n) is 4.53. The highest BCUT2D eigenvalue weighted by Crippen LogP contribution is 2.41. The number of piperidine rings is 1. The average molecular weight is 434 g/mol. The summed E-state index contributed by atoms with van der Waals surface area (Å²) >= 11 is 0. The Balaban J connectivity index is 1.19. The minimum absolute atomic E-state index is 0.136. The lowest BCUT2D eigenvalue weighted by Crippen LogP contribution is -2.35. The van der Waals surface area contributed by atoms with Gasteiger partial charge in [0.2, 0.25) is 0 Å². The van der Waals surface area contributed by atoms with E-state index in [1.165, 1.54) is 6.42 Å². The largest absolute Gasteiger partial charge is 0.487 e. The van der Waals surface area contributed by atoms with Crippen LogP contribution in [0.2, 0.25) is 0 Å². The molecule has 166 valence electrons. The number of esters is 1. The SMILES string of the molecule is O=C(CN1CCCCC1)OCCNc1ccc2c(c1)COC2=C1C(=O)Nc2ccccc21. The van der Waals surface area contributed by atoms with Crippen molar-refractivity contribution in [3.63, 3.8) is 0 Å². The minimum Gasteiger partial charge on any atom is -0.487 e. The van der Waals surface area contributed by atoms with Crippen molar-refractivity contribution in [1.82, 2.24) is 4.90 Å². The van der Waals surface area contributed by atoms with Gasteiger partial charge in [-0.05, 0) is 50.2 Å². The van der Waals surface area contributed by atoms with Crippen LogP contribution >= 0.6 is 0 Å². The summed E-state index contributed by atoms with van der Waals surface area (Å²) in [6.07, 6.45) is 3.57. The van der Waals surface area contributed by atoms with Crippen molar-refractivity contribution >= 4 is 34.6 Å². The molecule has 0 bridgehead atoms. The average Bonchev–Trinajstić information content (AvgIpc) is 3.36. The van der Waals surface area contributed by atoms with Gasteiger partial charge in [0.1, 0.15) is 19.0 Å². The Labute approximate surface area is 187 Å². The molecule has 0 saturated carbocycles. The van der Waals surface area contributed by atoms with E-state index < -0.39 is 0 Å².